The summed E-state index contributed by atoms with van der Waals surface area (Å²) in [6, 6.07) is 22.5. The van der Waals surface area contributed by atoms with Crippen LogP contribution in [0.5, 0.6) is 17.2 Å². The molecule has 1 aromatic heterocycles. The van der Waals surface area contributed by atoms with Crippen molar-refractivity contribution in [3.05, 3.63) is 90.3 Å². The molecule has 0 amide bonds. The fourth-order valence-electron chi connectivity index (χ4n) is 3.68. The van der Waals surface area contributed by atoms with Crippen LogP contribution < -0.4 is 19.9 Å². The summed E-state index contributed by atoms with van der Waals surface area (Å²) in [4.78, 5) is 13.7. The maximum Gasteiger partial charge on any atom is 0.210 e. The minimum Gasteiger partial charge on any atom is -0.493 e. The number of ether oxygens (including phenoxy) is 3. The summed E-state index contributed by atoms with van der Waals surface area (Å²) in [6.07, 6.45) is 1.94. The molecular weight excluding hydrogens is 404 g/mol. The Morgan fingerprint density at radius 2 is 1.47 bits per heavy atom. The van der Waals surface area contributed by atoms with Gasteiger partial charge in [-0.1, -0.05) is 30.3 Å². The van der Waals surface area contributed by atoms with E-state index >= 15 is 0 Å². The molecule has 0 unspecified atom stereocenters. The third-order valence-electron chi connectivity index (χ3n) is 5.23. The van der Waals surface area contributed by atoms with Gasteiger partial charge < -0.3 is 24.5 Å². The van der Waals surface area contributed by atoms with E-state index in [2.05, 4.69) is 0 Å². The van der Waals surface area contributed by atoms with E-state index in [1.165, 1.54) is 21.3 Å². The number of para-hydroxylation sites is 1. The van der Waals surface area contributed by atoms with Gasteiger partial charge in [-0.05, 0) is 48.0 Å². The van der Waals surface area contributed by atoms with Crippen LogP contribution in [0.25, 0.3) is 16.8 Å². The Labute approximate surface area is 186 Å². The first-order valence-corrected chi connectivity index (χ1v) is 10.0. The first-order valence-electron chi connectivity index (χ1n) is 10.0. The molecule has 0 bridgehead atoms. The lowest BCUT2D eigenvalue weighted by atomic mass is 10.0. The van der Waals surface area contributed by atoms with Crippen LogP contribution in [0.15, 0.2) is 79.0 Å². The second-order valence-electron chi connectivity index (χ2n) is 7.19. The Morgan fingerprint density at radius 3 is 2.06 bits per heavy atom. The number of ketones is 1. The van der Waals surface area contributed by atoms with Gasteiger partial charge in [0.25, 0.3) is 0 Å². The number of rotatable bonds is 7. The number of hydrogen-bond acceptors (Lipinski definition) is 5. The number of nitrogen functional groups attached to an aromatic ring is 1. The second kappa shape index (κ2) is 8.89. The molecule has 0 aliphatic carbocycles. The minimum atomic E-state index is -0.178. The van der Waals surface area contributed by atoms with Gasteiger partial charge in [0.05, 0.1) is 27.0 Å². The summed E-state index contributed by atoms with van der Waals surface area (Å²) in [5, 5.41) is 0. The molecule has 2 N–H and O–H groups in total. The number of methoxy groups -OCH3 is 3. The van der Waals surface area contributed by atoms with Gasteiger partial charge in [0.15, 0.2) is 11.5 Å². The first kappa shape index (κ1) is 21.1. The topological polar surface area (TPSA) is 75.7 Å². The maximum absolute atomic E-state index is 13.7. The molecule has 0 saturated carbocycles. The Morgan fingerprint density at radius 1 is 0.781 bits per heavy atom. The molecule has 0 aliphatic rings. The van der Waals surface area contributed by atoms with Crippen LogP contribution in [0.1, 0.15) is 16.1 Å². The zero-order valence-electron chi connectivity index (χ0n) is 18.2. The number of benzene rings is 3. The highest BCUT2D eigenvalue weighted by Gasteiger charge is 2.22. The van der Waals surface area contributed by atoms with Gasteiger partial charge in [0, 0.05) is 28.7 Å². The smallest absolute Gasteiger partial charge is 0.210 e. The van der Waals surface area contributed by atoms with Crippen LogP contribution >= 0.6 is 0 Å². The molecular formula is C26H24N2O4. The largest absolute Gasteiger partial charge is 0.493 e. The fraction of sp³-hybridized carbons (Fsp3) is 0.115. The van der Waals surface area contributed by atoms with Crippen LogP contribution in [0.2, 0.25) is 0 Å². The second-order valence-corrected chi connectivity index (χ2v) is 7.19. The molecule has 0 fully saturated rings. The van der Waals surface area contributed by atoms with Gasteiger partial charge in [-0.15, -0.1) is 0 Å². The van der Waals surface area contributed by atoms with Gasteiger partial charge in [0.2, 0.25) is 11.5 Å². The molecule has 4 rings (SSSR count). The molecule has 0 aliphatic heterocycles. The van der Waals surface area contributed by atoms with Crippen molar-refractivity contribution in [3.8, 4) is 34.1 Å². The van der Waals surface area contributed by atoms with E-state index in [4.69, 9.17) is 19.9 Å². The lowest BCUT2D eigenvalue weighted by Crippen LogP contribution is -2.09. The van der Waals surface area contributed by atoms with E-state index in [0.717, 1.165) is 16.8 Å². The van der Waals surface area contributed by atoms with Gasteiger partial charge in [0.1, 0.15) is 0 Å². The Hall–Kier alpha value is -4.19. The summed E-state index contributed by atoms with van der Waals surface area (Å²) in [5.74, 6) is 1.10. The monoisotopic (exact) mass is 428 g/mol. The molecule has 0 spiro atoms. The van der Waals surface area contributed by atoms with Crippen molar-refractivity contribution in [2.75, 3.05) is 27.1 Å². The number of nitrogens with two attached hydrogens (primary N) is 1. The number of carbonyl (C=O) groups excluding carboxylic acids is 1. The third kappa shape index (κ3) is 3.90. The zero-order chi connectivity index (χ0) is 22.7. The third-order valence-corrected chi connectivity index (χ3v) is 5.23. The van der Waals surface area contributed by atoms with E-state index in [-0.39, 0.29) is 5.78 Å². The maximum atomic E-state index is 13.7. The van der Waals surface area contributed by atoms with E-state index in [0.29, 0.717) is 34.2 Å². The number of aromatic nitrogens is 1. The standard InChI is InChI=1S/C26H24N2O4/c1-30-23-14-18(15-24(31-2)26(23)32-3)25(29)22-13-19(17-8-7-9-20(27)12-17)16-28(22)21-10-5-4-6-11-21/h4-16H,27H2,1-3H3. The predicted octanol–water partition coefficient (Wildman–Crippen LogP) is 4.98. The lowest BCUT2D eigenvalue weighted by molar-refractivity contribution is 0.103. The molecule has 1 heterocycles. The van der Waals surface area contributed by atoms with Crippen LogP contribution in [0.4, 0.5) is 5.69 Å². The molecule has 0 atom stereocenters. The average molecular weight is 428 g/mol. The van der Waals surface area contributed by atoms with Crippen molar-refractivity contribution in [1.29, 1.82) is 0 Å². The van der Waals surface area contributed by atoms with Crippen molar-refractivity contribution >= 4 is 11.5 Å². The van der Waals surface area contributed by atoms with Crippen molar-refractivity contribution < 1.29 is 19.0 Å². The first-order chi connectivity index (χ1) is 15.5. The Bertz CT molecular complexity index is 1240. The summed E-state index contributed by atoms with van der Waals surface area (Å²) < 4.78 is 18.1. The number of anilines is 1. The van der Waals surface area contributed by atoms with Crippen molar-refractivity contribution in [2.24, 2.45) is 0 Å². The SMILES string of the molecule is COc1cc(C(=O)c2cc(-c3cccc(N)c3)cn2-c2ccccc2)cc(OC)c1OC. The average Bonchev–Trinajstić information content (AvgIpc) is 3.28. The predicted molar refractivity (Wildman–Crippen MR) is 125 cm³/mol. The van der Waals surface area contributed by atoms with Gasteiger partial charge in [-0.3, -0.25) is 4.79 Å². The Balaban J connectivity index is 1.88. The quantitative estimate of drug-likeness (QED) is 0.332. The van der Waals surface area contributed by atoms with Crippen molar-refractivity contribution in [2.45, 2.75) is 0 Å². The van der Waals surface area contributed by atoms with Gasteiger partial charge in [-0.2, -0.15) is 0 Å². The van der Waals surface area contributed by atoms with E-state index in [1.54, 1.807) is 12.1 Å². The molecule has 0 radical (unpaired) electrons. The minimum absolute atomic E-state index is 0.178. The summed E-state index contributed by atoms with van der Waals surface area (Å²) in [5.41, 5.74) is 10.3. The lowest BCUT2D eigenvalue weighted by Gasteiger charge is -2.14. The summed E-state index contributed by atoms with van der Waals surface area (Å²) in [6.45, 7) is 0. The number of nitrogens with zero attached hydrogens (tertiary/aromatic N) is 1. The number of hydrogen-bond donors (Lipinski definition) is 1. The molecule has 162 valence electrons. The van der Waals surface area contributed by atoms with E-state index in [1.807, 2.05) is 71.4 Å². The van der Waals surface area contributed by atoms with E-state index < -0.39 is 0 Å². The molecule has 0 saturated heterocycles. The summed E-state index contributed by atoms with van der Waals surface area (Å²) >= 11 is 0. The van der Waals surface area contributed by atoms with E-state index in [9.17, 15) is 4.79 Å². The van der Waals surface area contributed by atoms with Crippen LogP contribution in [-0.2, 0) is 0 Å². The highest BCUT2D eigenvalue weighted by Crippen LogP contribution is 2.39. The van der Waals surface area contributed by atoms with Gasteiger partial charge >= 0.3 is 0 Å². The molecule has 6 nitrogen and oxygen atoms in total. The van der Waals surface area contributed by atoms with Gasteiger partial charge in [-0.25, -0.2) is 0 Å². The van der Waals surface area contributed by atoms with Crippen LogP contribution in [-0.4, -0.2) is 31.7 Å². The van der Waals surface area contributed by atoms with Crippen LogP contribution in [0.3, 0.4) is 0 Å². The normalized spacial score (nSPS) is 10.6. The van der Waals surface area contributed by atoms with Crippen molar-refractivity contribution in [3.63, 3.8) is 0 Å². The Kier molecular flexibility index (Phi) is 5.85. The highest BCUT2D eigenvalue weighted by atomic mass is 16.5. The summed E-state index contributed by atoms with van der Waals surface area (Å²) in [7, 11) is 4.58. The number of carbonyl (C=O) groups is 1. The highest BCUT2D eigenvalue weighted by molar-refractivity contribution is 6.09. The van der Waals surface area contributed by atoms with Crippen molar-refractivity contribution in [1.82, 2.24) is 4.57 Å². The molecule has 4 aromatic rings. The molecule has 3 aromatic carbocycles. The van der Waals surface area contributed by atoms with Crippen LogP contribution in [0, 0.1) is 0 Å². The fourth-order valence-corrected chi connectivity index (χ4v) is 3.68. The molecule has 32 heavy (non-hydrogen) atoms. The zero-order valence-corrected chi connectivity index (χ0v) is 18.2. The molecule has 6 heteroatoms.